The topological polar surface area (TPSA) is 46.3 Å². The zero-order valence-corrected chi connectivity index (χ0v) is 10.4. The fourth-order valence-corrected chi connectivity index (χ4v) is 3.41. The first-order valence-electron chi connectivity index (χ1n) is 6.37. The molecular weight excluding hydrogens is 199 g/mol. The molecule has 1 aliphatic heterocycles. The highest BCUT2D eigenvalue weighted by Crippen LogP contribution is 2.45. The molecule has 3 atom stereocenters. The first-order chi connectivity index (χ1) is 7.56. The summed E-state index contributed by atoms with van der Waals surface area (Å²) in [6.07, 6.45) is 6.42. The molecule has 0 aromatic rings. The van der Waals surface area contributed by atoms with Crippen molar-refractivity contribution in [2.45, 2.75) is 56.8 Å². The number of hydrogen-bond donors (Lipinski definition) is 1. The Morgan fingerprint density at radius 2 is 2.25 bits per heavy atom. The van der Waals surface area contributed by atoms with Crippen LogP contribution in [0.2, 0.25) is 5.31 Å². The fraction of sp³-hybridized carbons (Fsp3) is 0.917. The van der Waals surface area contributed by atoms with Crippen molar-refractivity contribution in [2.24, 2.45) is 11.6 Å². The van der Waals surface area contributed by atoms with Crippen LogP contribution in [0.5, 0.6) is 0 Å². The predicted molar refractivity (Wildman–Crippen MR) is 66.1 cm³/mol. The minimum Gasteiger partial charge on any atom is -0.374 e. The summed E-state index contributed by atoms with van der Waals surface area (Å²) in [5, 5.41) is 0.181. The van der Waals surface area contributed by atoms with Crippen LogP contribution in [0.15, 0.2) is 0 Å². The molecule has 0 aromatic heterocycles. The Bertz CT molecular complexity index is 284. The molecule has 2 aliphatic rings. The molecule has 1 radical (unpaired) electrons. The number of fused-ring (bicyclic) bond motifs is 1. The Hall–Kier alpha value is -0.505. The predicted octanol–water partition coefficient (Wildman–Crippen LogP) is 1.55. The molecule has 3 nitrogen and oxygen atoms in total. The van der Waals surface area contributed by atoms with Crippen LogP contribution in [0.3, 0.4) is 0 Å². The molecule has 2 fully saturated rings. The van der Waals surface area contributed by atoms with Gasteiger partial charge in [-0.3, -0.25) is 4.79 Å². The second-order valence-corrected chi connectivity index (χ2v) is 5.79. The highest BCUT2D eigenvalue weighted by Gasteiger charge is 2.40. The number of nitrogens with zero attached hydrogens (tertiary/aromatic N) is 1. The lowest BCUT2D eigenvalue weighted by atomic mass is 9.57. The van der Waals surface area contributed by atoms with Crippen LogP contribution in [-0.4, -0.2) is 31.3 Å². The van der Waals surface area contributed by atoms with Crippen LogP contribution in [0.4, 0.5) is 0 Å². The smallest absolute Gasteiger partial charge is 0.222 e. The molecule has 4 heteroatoms. The number of nitrogens with two attached hydrogens (primary N) is 1. The lowest BCUT2D eigenvalue weighted by Crippen LogP contribution is -2.46. The van der Waals surface area contributed by atoms with Gasteiger partial charge in [0, 0.05) is 19.5 Å². The van der Waals surface area contributed by atoms with Crippen LogP contribution in [0, 0.1) is 5.92 Å². The summed E-state index contributed by atoms with van der Waals surface area (Å²) in [5.41, 5.74) is 5.79. The second kappa shape index (κ2) is 4.40. The van der Waals surface area contributed by atoms with Crippen LogP contribution in [0.25, 0.3) is 0 Å². The second-order valence-electron chi connectivity index (χ2n) is 5.79. The summed E-state index contributed by atoms with van der Waals surface area (Å²) < 4.78 is 0. The molecule has 0 bridgehead atoms. The van der Waals surface area contributed by atoms with Crippen molar-refractivity contribution in [1.82, 2.24) is 4.90 Å². The molecule has 1 aliphatic carbocycles. The number of carbonyl (C=O) groups is 1. The van der Waals surface area contributed by atoms with E-state index >= 15 is 0 Å². The van der Waals surface area contributed by atoms with Gasteiger partial charge in [0.05, 0.1) is 0 Å². The number of rotatable bonds is 1. The van der Waals surface area contributed by atoms with Crippen LogP contribution < -0.4 is 5.64 Å². The third-order valence-electron chi connectivity index (χ3n) is 4.54. The molecule has 0 aromatic carbocycles. The molecule has 1 heterocycles. The Balaban J connectivity index is 2.13. The molecular formula is C12H22BN2O. The number of carbonyl (C=O) groups excluding carboxylic acids is 1. The van der Waals surface area contributed by atoms with Gasteiger partial charge in [-0.2, -0.15) is 0 Å². The van der Waals surface area contributed by atoms with E-state index in [9.17, 15) is 4.79 Å². The molecule has 1 saturated carbocycles. The molecule has 16 heavy (non-hydrogen) atoms. The van der Waals surface area contributed by atoms with Gasteiger partial charge < -0.3 is 10.5 Å². The summed E-state index contributed by atoms with van der Waals surface area (Å²) in [5.74, 6) is 0.969. The Morgan fingerprint density at radius 3 is 2.94 bits per heavy atom. The van der Waals surface area contributed by atoms with Crippen LogP contribution >= 0.6 is 0 Å². The van der Waals surface area contributed by atoms with Gasteiger partial charge in [0.15, 0.2) is 0 Å². The van der Waals surface area contributed by atoms with Crippen molar-refractivity contribution in [3.05, 3.63) is 0 Å². The summed E-state index contributed by atoms with van der Waals surface area (Å²) >= 11 is 0. The Morgan fingerprint density at radius 1 is 1.50 bits per heavy atom. The SMILES string of the molecule is CN1C(=O)CCC2CC(C)([B]N)CCCC21. The lowest BCUT2D eigenvalue weighted by molar-refractivity contribution is -0.137. The maximum Gasteiger partial charge on any atom is 0.222 e. The Kier molecular flexibility index (Phi) is 3.29. The summed E-state index contributed by atoms with van der Waals surface area (Å²) in [6.45, 7) is 2.26. The molecule has 89 valence electrons. The third kappa shape index (κ3) is 2.12. The van der Waals surface area contributed by atoms with Gasteiger partial charge in [0.25, 0.3) is 0 Å². The van der Waals surface area contributed by atoms with Crippen molar-refractivity contribution < 1.29 is 4.79 Å². The minimum absolute atomic E-state index is 0.181. The van der Waals surface area contributed by atoms with E-state index in [2.05, 4.69) is 6.92 Å². The van der Waals surface area contributed by atoms with E-state index in [1.54, 1.807) is 0 Å². The highest BCUT2D eigenvalue weighted by atomic mass is 16.2. The van der Waals surface area contributed by atoms with Crippen LogP contribution in [0.1, 0.15) is 45.4 Å². The van der Waals surface area contributed by atoms with E-state index in [0.29, 0.717) is 17.9 Å². The van der Waals surface area contributed by atoms with Crippen LogP contribution in [-0.2, 0) is 4.79 Å². The highest BCUT2D eigenvalue weighted by molar-refractivity contribution is 6.35. The van der Waals surface area contributed by atoms with Gasteiger partial charge in [0.1, 0.15) is 0 Å². The number of likely N-dealkylation sites (tertiary alicyclic amines) is 1. The maximum absolute atomic E-state index is 11.7. The van der Waals surface area contributed by atoms with E-state index < -0.39 is 0 Å². The van der Waals surface area contributed by atoms with E-state index in [1.807, 2.05) is 19.4 Å². The third-order valence-corrected chi connectivity index (χ3v) is 4.54. The van der Waals surface area contributed by atoms with E-state index in [0.717, 1.165) is 25.7 Å². The molecule has 0 spiro atoms. The van der Waals surface area contributed by atoms with Crippen molar-refractivity contribution in [1.29, 1.82) is 0 Å². The van der Waals surface area contributed by atoms with Gasteiger partial charge in [-0.1, -0.05) is 19.8 Å². The standard InChI is InChI=1S/C12H22BN2O/c1-12(13-14)7-3-4-10-9(8-12)5-6-11(16)15(10)2/h9-10H,3-8,14H2,1-2H3. The van der Waals surface area contributed by atoms with Gasteiger partial charge in [0.2, 0.25) is 13.3 Å². The fourth-order valence-electron chi connectivity index (χ4n) is 3.41. The molecule has 2 rings (SSSR count). The zero-order chi connectivity index (χ0) is 11.8. The summed E-state index contributed by atoms with van der Waals surface area (Å²) in [6, 6.07) is 0.461. The van der Waals surface area contributed by atoms with Crippen molar-refractivity contribution in [3.63, 3.8) is 0 Å². The average molecular weight is 221 g/mol. The molecule has 1 saturated heterocycles. The minimum atomic E-state index is 0.181. The first-order valence-corrected chi connectivity index (χ1v) is 6.37. The van der Waals surface area contributed by atoms with Crippen molar-refractivity contribution >= 4 is 13.3 Å². The summed E-state index contributed by atoms with van der Waals surface area (Å²) in [7, 11) is 3.85. The molecule has 1 amide bonds. The van der Waals surface area contributed by atoms with Crippen molar-refractivity contribution in [2.75, 3.05) is 7.05 Å². The summed E-state index contributed by atoms with van der Waals surface area (Å²) in [4.78, 5) is 13.7. The zero-order valence-electron chi connectivity index (χ0n) is 10.4. The number of piperidine rings is 1. The Labute approximate surface area is 99.0 Å². The number of amides is 1. The average Bonchev–Trinajstić information content (AvgIpc) is 2.44. The van der Waals surface area contributed by atoms with Crippen molar-refractivity contribution in [3.8, 4) is 0 Å². The van der Waals surface area contributed by atoms with Gasteiger partial charge in [-0.25, -0.2) is 0 Å². The maximum atomic E-state index is 11.7. The van der Waals surface area contributed by atoms with E-state index in [4.69, 9.17) is 5.64 Å². The quantitative estimate of drug-likeness (QED) is 0.683. The van der Waals surface area contributed by atoms with E-state index in [-0.39, 0.29) is 5.31 Å². The largest absolute Gasteiger partial charge is 0.374 e. The molecule has 3 unspecified atom stereocenters. The molecule has 2 N–H and O–H groups in total. The van der Waals surface area contributed by atoms with E-state index in [1.165, 1.54) is 12.8 Å². The van der Waals surface area contributed by atoms with Gasteiger partial charge in [-0.15, -0.1) is 0 Å². The lowest BCUT2D eigenvalue weighted by Gasteiger charge is -2.40. The normalized spacial score (nSPS) is 40.2. The monoisotopic (exact) mass is 221 g/mol. The van der Waals surface area contributed by atoms with Gasteiger partial charge >= 0.3 is 0 Å². The first kappa shape index (κ1) is 12.0. The number of hydrogen-bond acceptors (Lipinski definition) is 2. The van der Waals surface area contributed by atoms with Gasteiger partial charge in [-0.05, 0) is 30.5 Å².